The standard InChI is InChI=1S/C11H11F2N5O2/c1-11(2,9(19)14-10-15-17-18-16-10)20-8-4-3-6(12)5-7(8)13/h3-5H,1-2H3,(H2,14,15,16,17,18,19). The van der Waals surface area contributed by atoms with Crippen LogP contribution in [0, 0.1) is 11.6 Å². The molecule has 0 aliphatic rings. The zero-order valence-corrected chi connectivity index (χ0v) is 10.6. The lowest BCUT2D eigenvalue weighted by Crippen LogP contribution is -2.43. The van der Waals surface area contributed by atoms with E-state index < -0.39 is 23.1 Å². The van der Waals surface area contributed by atoms with Crippen LogP contribution in [0.15, 0.2) is 18.2 Å². The van der Waals surface area contributed by atoms with Gasteiger partial charge in [-0.15, -0.1) is 5.10 Å². The maximum Gasteiger partial charge on any atom is 0.270 e. The van der Waals surface area contributed by atoms with Crippen LogP contribution in [0.2, 0.25) is 0 Å². The van der Waals surface area contributed by atoms with Crippen LogP contribution in [0.4, 0.5) is 14.7 Å². The third-order valence-electron chi connectivity index (χ3n) is 2.38. The number of H-pyrrole nitrogens is 1. The molecule has 2 rings (SSSR count). The van der Waals surface area contributed by atoms with E-state index >= 15 is 0 Å². The third-order valence-corrected chi connectivity index (χ3v) is 2.38. The molecule has 0 spiro atoms. The van der Waals surface area contributed by atoms with Crippen LogP contribution in [0.25, 0.3) is 0 Å². The molecule has 0 saturated carbocycles. The Hall–Kier alpha value is -2.58. The number of nitrogens with zero attached hydrogens (tertiary/aromatic N) is 3. The molecule has 7 nitrogen and oxygen atoms in total. The lowest BCUT2D eigenvalue weighted by molar-refractivity contribution is -0.128. The fraction of sp³-hybridized carbons (Fsp3) is 0.273. The number of hydrogen-bond acceptors (Lipinski definition) is 5. The van der Waals surface area contributed by atoms with Crippen LogP contribution in [-0.4, -0.2) is 32.1 Å². The van der Waals surface area contributed by atoms with Crippen molar-refractivity contribution in [2.75, 3.05) is 5.32 Å². The van der Waals surface area contributed by atoms with Gasteiger partial charge in [0.15, 0.2) is 17.2 Å². The van der Waals surface area contributed by atoms with E-state index in [1.54, 1.807) is 0 Å². The van der Waals surface area contributed by atoms with Gasteiger partial charge in [0, 0.05) is 6.07 Å². The summed E-state index contributed by atoms with van der Waals surface area (Å²) >= 11 is 0. The van der Waals surface area contributed by atoms with Gasteiger partial charge in [-0.1, -0.05) is 5.10 Å². The fourth-order valence-electron chi connectivity index (χ4n) is 1.35. The fourth-order valence-corrected chi connectivity index (χ4v) is 1.35. The van der Waals surface area contributed by atoms with Gasteiger partial charge in [-0.05, 0) is 31.2 Å². The molecule has 20 heavy (non-hydrogen) atoms. The van der Waals surface area contributed by atoms with Crippen molar-refractivity contribution in [3.05, 3.63) is 29.8 Å². The number of rotatable bonds is 4. The van der Waals surface area contributed by atoms with Crippen molar-refractivity contribution in [1.82, 2.24) is 20.6 Å². The largest absolute Gasteiger partial charge is 0.475 e. The first-order chi connectivity index (χ1) is 9.38. The summed E-state index contributed by atoms with van der Waals surface area (Å²) in [6, 6.07) is 2.81. The molecule has 2 N–H and O–H groups in total. The number of aromatic amines is 1. The van der Waals surface area contributed by atoms with Gasteiger partial charge in [-0.2, -0.15) is 5.21 Å². The van der Waals surface area contributed by atoms with Gasteiger partial charge in [-0.25, -0.2) is 8.78 Å². The maximum absolute atomic E-state index is 13.5. The van der Waals surface area contributed by atoms with E-state index in [2.05, 4.69) is 25.9 Å². The Morgan fingerprint density at radius 3 is 2.75 bits per heavy atom. The molecule has 2 aromatic rings. The molecule has 0 aliphatic heterocycles. The molecular formula is C11H11F2N5O2. The molecule has 0 fully saturated rings. The first-order valence-corrected chi connectivity index (χ1v) is 5.57. The predicted octanol–water partition coefficient (Wildman–Crippen LogP) is 1.27. The Bertz CT molecular complexity index is 615. The molecule has 1 aromatic heterocycles. The summed E-state index contributed by atoms with van der Waals surface area (Å²) in [5.41, 5.74) is -1.42. The summed E-state index contributed by atoms with van der Waals surface area (Å²) in [6.07, 6.45) is 0. The lowest BCUT2D eigenvalue weighted by atomic mass is 10.1. The molecule has 1 aromatic carbocycles. The smallest absolute Gasteiger partial charge is 0.270 e. The molecule has 106 valence electrons. The van der Waals surface area contributed by atoms with Crippen LogP contribution in [-0.2, 0) is 4.79 Å². The number of anilines is 1. The molecule has 0 bridgehead atoms. The second kappa shape index (κ2) is 5.19. The minimum Gasteiger partial charge on any atom is -0.475 e. The number of halogens is 2. The van der Waals surface area contributed by atoms with E-state index in [4.69, 9.17) is 4.74 Å². The number of tetrazole rings is 1. The van der Waals surface area contributed by atoms with Crippen LogP contribution in [0.5, 0.6) is 5.75 Å². The highest BCUT2D eigenvalue weighted by atomic mass is 19.1. The van der Waals surface area contributed by atoms with Crippen LogP contribution < -0.4 is 10.1 Å². The van der Waals surface area contributed by atoms with Crippen molar-refractivity contribution in [1.29, 1.82) is 0 Å². The van der Waals surface area contributed by atoms with Gasteiger partial charge >= 0.3 is 0 Å². The number of nitrogens with one attached hydrogen (secondary N) is 2. The summed E-state index contributed by atoms with van der Waals surface area (Å²) in [4.78, 5) is 12.0. The third kappa shape index (κ3) is 3.05. The summed E-state index contributed by atoms with van der Waals surface area (Å²) in [5, 5.41) is 14.9. The molecule has 1 heterocycles. The highest BCUT2D eigenvalue weighted by Gasteiger charge is 2.31. The number of amides is 1. The van der Waals surface area contributed by atoms with E-state index in [-0.39, 0.29) is 11.7 Å². The summed E-state index contributed by atoms with van der Waals surface area (Å²) in [6.45, 7) is 2.84. The SMILES string of the molecule is CC(C)(Oc1ccc(F)cc1F)C(=O)Nc1nn[nH]n1. The van der Waals surface area contributed by atoms with Gasteiger partial charge in [0.25, 0.3) is 11.9 Å². The first-order valence-electron chi connectivity index (χ1n) is 5.57. The van der Waals surface area contributed by atoms with Gasteiger partial charge in [0.2, 0.25) is 0 Å². The Morgan fingerprint density at radius 2 is 2.15 bits per heavy atom. The topological polar surface area (TPSA) is 92.8 Å². The molecule has 0 radical (unpaired) electrons. The van der Waals surface area contributed by atoms with E-state index in [0.29, 0.717) is 6.07 Å². The molecule has 0 aliphatic carbocycles. The van der Waals surface area contributed by atoms with Crippen molar-refractivity contribution < 1.29 is 18.3 Å². The van der Waals surface area contributed by atoms with Gasteiger partial charge < -0.3 is 4.74 Å². The average Bonchev–Trinajstić information content (AvgIpc) is 2.85. The predicted molar refractivity (Wildman–Crippen MR) is 63.9 cm³/mol. The van der Waals surface area contributed by atoms with E-state index in [1.165, 1.54) is 13.8 Å². The minimum atomic E-state index is -1.42. The Morgan fingerprint density at radius 1 is 1.40 bits per heavy atom. The quantitative estimate of drug-likeness (QED) is 0.881. The highest BCUT2D eigenvalue weighted by Crippen LogP contribution is 2.23. The first kappa shape index (κ1) is 13.8. The summed E-state index contributed by atoms with van der Waals surface area (Å²) in [5.74, 6) is -2.51. The number of aromatic nitrogens is 4. The molecular weight excluding hydrogens is 272 g/mol. The average molecular weight is 283 g/mol. The van der Waals surface area contributed by atoms with Crippen molar-refractivity contribution in [2.45, 2.75) is 19.4 Å². The van der Waals surface area contributed by atoms with Gasteiger partial charge in [-0.3, -0.25) is 10.1 Å². The molecule has 1 amide bonds. The zero-order valence-electron chi connectivity index (χ0n) is 10.6. The number of hydrogen-bond donors (Lipinski definition) is 2. The van der Waals surface area contributed by atoms with E-state index in [0.717, 1.165) is 12.1 Å². The monoisotopic (exact) mass is 283 g/mol. The van der Waals surface area contributed by atoms with Crippen LogP contribution in [0.1, 0.15) is 13.8 Å². The highest BCUT2D eigenvalue weighted by molar-refractivity contribution is 5.95. The van der Waals surface area contributed by atoms with E-state index in [1.807, 2.05) is 0 Å². The normalized spacial score (nSPS) is 11.2. The molecule has 0 saturated heterocycles. The number of carbonyl (C=O) groups excluding carboxylic acids is 1. The van der Waals surface area contributed by atoms with Gasteiger partial charge in [0.1, 0.15) is 5.82 Å². The molecule has 9 heteroatoms. The van der Waals surface area contributed by atoms with Crippen LogP contribution in [0.3, 0.4) is 0 Å². The Balaban J connectivity index is 2.11. The van der Waals surface area contributed by atoms with E-state index in [9.17, 15) is 13.6 Å². The molecule has 0 unspecified atom stereocenters. The summed E-state index contributed by atoms with van der Waals surface area (Å²) < 4.78 is 31.5. The Kier molecular flexibility index (Phi) is 3.59. The molecule has 0 atom stereocenters. The number of benzene rings is 1. The van der Waals surface area contributed by atoms with Gasteiger partial charge in [0.05, 0.1) is 0 Å². The van der Waals surface area contributed by atoms with Crippen molar-refractivity contribution in [3.8, 4) is 5.75 Å². The minimum absolute atomic E-state index is 0.0359. The second-order valence-electron chi connectivity index (χ2n) is 4.38. The van der Waals surface area contributed by atoms with Crippen molar-refractivity contribution >= 4 is 11.9 Å². The van der Waals surface area contributed by atoms with Crippen molar-refractivity contribution in [2.24, 2.45) is 0 Å². The Labute approximate surface area is 112 Å². The number of ether oxygens (including phenoxy) is 1. The zero-order chi connectivity index (χ0) is 14.8. The van der Waals surface area contributed by atoms with Crippen LogP contribution >= 0.6 is 0 Å². The number of carbonyl (C=O) groups is 1. The summed E-state index contributed by atoms with van der Waals surface area (Å²) in [7, 11) is 0. The van der Waals surface area contributed by atoms with Crippen molar-refractivity contribution in [3.63, 3.8) is 0 Å². The second-order valence-corrected chi connectivity index (χ2v) is 4.38. The lowest BCUT2D eigenvalue weighted by Gasteiger charge is -2.24. The maximum atomic E-state index is 13.5.